The van der Waals surface area contributed by atoms with Crippen molar-refractivity contribution in [3.63, 3.8) is 0 Å². The molecule has 0 bridgehead atoms. The Balaban J connectivity index is 2.19. The highest BCUT2D eigenvalue weighted by Crippen LogP contribution is 2.15. The fourth-order valence-corrected chi connectivity index (χ4v) is 2.05. The summed E-state index contributed by atoms with van der Waals surface area (Å²) in [6.07, 6.45) is 0.538. The molecular formula is C11H22N2O3. The highest BCUT2D eigenvalue weighted by Gasteiger charge is 2.23. The molecule has 0 spiro atoms. The van der Waals surface area contributed by atoms with Crippen LogP contribution in [0.25, 0.3) is 0 Å². The third-order valence-corrected chi connectivity index (χ3v) is 2.88. The number of aliphatic hydroxyl groups excluding tert-OH is 1. The van der Waals surface area contributed by atoms with Gasteiger partial charge in [-0.1, -0.05) is 0 Å². The van der Waals surface area contributed by atoms with Crippen molar-refractivity contribution in [2.75, 3.05) is 32.8 Å². The van der Waals surface area contributed by atoms with Crippen LogP contribution in [0.3, 0.4) is 0 Å². The quantitative estimate of drug-likeness (QED) is 0.606. The molecule has 0 aromatic rings. The van der Waals surface area contributed by atoms with E-state index in [-0.39, 0.29) is 12.4 Å². The molecule has 1 fully saturated rings. The second-order valence-electron chi connectivity index (χ2n) is 4.31. The largest absolute Gasteiger partial charge is 0.466 e. The SMILES string of the molecule is CCOC(=O)CC(O)CN1CCC(CN)C1. The van der Waals surface area contributed by atoms with Gasteiger partial charge in [-0.2, -0.15) is 0 Å². The minimum atomic E-state index is -0.629. The van der Waals surface area contributed by atoms with Gasteiger partial charge in [0.05, 0.1) is 19.1 Å². The number of nitrogens with zero attached hydrogens (tertiary/aromatic N) is 1. The lowest BCUT2D eigenvalue weighted by Gasteiger charge is -2.19. The van der Waals surface area contributed by atoms with Crippen LogP contribution >= 0.6 is 0 Å². The van der Waals surface area contributed by atoms with Crippen LogP contribution in [0.5, 0.6) is 0 Å². The minimum absolute atomic E-state index is 0.0810. The van der Waals surface area contributed by atoms with Crippen molar-refractivity contribution in [3.05, 3.63) is 0 Å². The molecule has 2 atom stereocenters. The smallest absolute Gasteiger partial charge is 0.308 e. The summed E-state index contributed by atoms with van der Waals surface area (Å²) in [7, 11) is 0. The first-order valence-electron chi connectivity index (χ1n) is 5.91. The summed E-state index contributed by atoms with van der Waals surface area (Å²) in [5, 5.41) is 9.69. The summed E-state index contributed by atoms with van der Waals surface area (Å²) >= 11 is 0. The molecule has 1 aliphatic rings. The molecule has 5 nitrogen and oxygen atoms in total. The van der Waals surface area contributed by atoms with Crippen LogP contribution in [0.15, 0.2) is 0 Å². The van der Waals surface area contributed by atoms with Gasteiger partial charge in [0.15, 0.2) is 0 Å². The van der Waals surface area contributed by atoms with Crippen LogP contribution in [0.1, 0.15) is 19.8 Å². The second-order valence-corrected chi connectivity index (χ2v) is 4.31. The molecule has 1 heterocycles. The molecule has 0 amide bonds. The number of ether oxygens (including phenoxy) is 1. The van der Waals surface area contributed by atoms with Crippen LogP contribution < -0.4 is 5.73 Å². The molecule has 94 valence electrons. The standard InChI is InChI=1S/C11H22N2O3/c1-2-16-11(15)5-10(14)8-13-4-3-9(6-12)7-13/h9-10,14H,2-8,12H2,1H3. The molecule has 5 heteroatoms. The Kier molecular flexibility index (Phi) is 5.73. The van der Waals surface area contributed by atoms with E-state index in [0.29, 0.717) is 25.6 Å². The number of esters is 1. The van der Waals surface area contributed by atoms with Crippen LogP contribution in [-0.2, 0) is 9.53 Å². The van der Waals surface area contributed by atoms with E-state index in [9.17, 15) is 9.90 Å². The fraction of sp³-hybridized carbons (Fsp3) is 0.909. The summed E-state index contributed by atoms with van der Waals surface area (Å²) in [6.45, 7) is 5.25. The van der Waals surface area contributed by atoms with Gasteiger partial charge in [-0.25, -0.2) is 0 Å². The number of hydrogen-bond acceptors (Lipinski definition) is 5. The Labute approximate surface area is 96.6 Å². The topological polar surface area (TPSA) is 75.8 Å². The van der Waals surface area contributed by atoms with E-state index in [1.807, 2.05) is 0 Å². The lowest BCUT2D eigenvalue weighted by Crippen LogP contribution is -2.33. The number of likely N-dealkylation sites (tertiary alicyclic amines) is 1. The van der Waals surface area contributed by atoms with E-state index in [1.54, 1.807) is 6.92 Å². The summed E-state index contributed by atoms with van der Waals surface area (Å²) in [5.74, 6) is 0.208. The average molecular weight is 230 g/mol. The van der Waals surface area contributed by atoms with Gasteiger partial charge in [0.25, 0.3) is 0 Å². The van der Waals surface area contributed by atoms with Crippen molar-refractivity contribution < 1.29 is 14.6 Å². The lowest BCUT2D eigenvalue weighted by molar-refractivity contribution is -0.145. The van der Waals surface area contributed by atoms with Gasteiger partial charge in [-0.15, -0.1) is 0 Å². The van der Waals surface area contributed by atoms with Gasteiger partial charge in [0.2, 0.25) is 0 Å². The number of nitrogens with two attached hydrogens (primary N) is 1. The van der Waals surface area contributed by atoms with E-state index >= 15 is 0 Å². The van der Waals surface area contributed by atoms with Gasteiger partial charge in [-0.05, 0) is 32.4 Å². The molecular weight excluding hydrogens is 208 g/mol. The zero-order valence-electron chi connectivity index (χ0n) is 9.89. The molecule has 0 aromatic heterocycles. The molecule has 0 radical (unpaired) electrons. The Bertz CT molecular complexity index is 223. The van der Waals surface area contributed by atoms with Gasteiger partial charge in [0, 0.05) is 13.1 Å². The van der Waals surface area contributed by atoms with Crippen LogP contribution in [-0.4, -0.2) is 54.9 Å². The highest BCUT2D eigenvalue weighted by molar-refractivity contribution is 5.69. The first-order chi connectivity index (χ1) is 7.65. The number of hydrogen-bond donors (Lipinski definition) is 2. The maximum Gasteiger partial charge on any atom is 0.308 e. The van der Waals surface area contributed by atoms with Crippen molar-refractivity contribution in [2.24, 2.45) is 11.7 Å². The van der Waals surface area contributed by atoms with Crippen molar-refractivity contribution in [1.82, 2.24) is 4.90 Å². The Morgan fingerprint density at radius 2 is 2.44 bits per heavy atom. The first kappa shape index (κ1) is 13.4. The fourth-order valence-electron chi connectivity index (χ4n) is 2.05. The number of rotatable bonds is 6. The van der Waals surface area contributed by atoms with Gasteiger partial charge in [0.1, 0.15) is 0 Å². The van der Waals surface area contributed by atoms with Gasteiger partial charge >= 0.3 is 5.97 Å². The summed E-state index contributed by atoms with van der Waals surface area (Å²) < 4.78 is 4.78. The summed E-state index contributed by atoms with van der Waals surface area (Å²) in [5.41, 5.74) is 5.58. The zero-order valence-corrected chi connectivity index (χ0v) is 9.89. The van der Waals surface area contributed by atoms with Gasteiger partial charge < -0.3 is 20.5 Å². The Morgan fingerprint density at radius 3 is 3.00 bits per heavy atom. The normalized spacial score (nSPS) is 23.3. The Morgan fingerprint density at radius 1 is 1.69 bits per heavy atom. The number of aliphatic hydroxyl groups is 1. The Hall–Kier alpha value is -0.650. The maximum atomic E-state index is 11.1. The van der Waals surface area contributed by atoms with E-state index in [0.717, 1.165) is 19.5 Å². The molecule has 1 aliphatic heterocycles. The zero-order chi connectivity index (χ0) is 12.0. The molecule has 0 aliphatic carbocycles. The third-order valence-electron chi connectivity index (χ3n) is 2.88. The molecule has 0 saturated carbocycles. The summed E-state index contributed by atoms with van der Waals surface area (Å²) in [4.78, 5) is 13.3. The minimum Gasteiger partial charge on any atom is -0.466 e. The first-order valence-corrected chi connectivity index (χ1v) is 5.91. The number of carbonyl (C=O) groups excluding carboxylic acids is 1. The highest BCUT2D eigenvalue weighted by atomic mass is 16.5. The predicted molar refractivity (Wildman–Crippen MR) is 60.9 cm³/mol. The number of β-amino-alcohol motifs (C(OH)–C–C–N with tert-alkyl or cyclic N) is 1. The van der Waals surface area contributed by atoms with Crippen LogP contribution in [0.2, 0.25) is 0 Å². The van der Waals surface area contributed by atoms with E-state index in [2.05, 4.69) is 4.90 Å². The summed E-state index contributed by atoms with van der Waals surface area (Å²) in [6, 6.07) is 0. The average Bonchev–Trinajstić information content (AvgIpc) is 2.65. The van der Waals surface area contributed by atoms with Crippen molar-refractivity contribution in [2.45, 2.75) is 25.9 Å². The van der Waals surface area contributed by atoms with E-state index < -0.39 is 6.10 Å². The monoisotopic (exact) mass is 230 g/mol. The molecule has 3 N–H and O–H groups in total. The van der Waals surface area contributed by atoms with Crippen LogP contribution in [0.4, 0.5) is 0 Å². The lowest BCUT2D eigenvalue weighted by atomic mass is 10.1. The third kappa shape index (κ3) is 4.47. The van der Waals surface area contributed by atoms with Crippen molar-refractivity contribution >= 4 is 5.97 Å². The molecule has 1 saturated heterocycles. The molecule has 0 aromatic carbocycles. The van der Waals surface area contributed by atoms with Gasteiger partial charge in [-0.3, -0.25) is 4.79 Å². The van der Waals surface area contributed by atoms with Crippen LogP contribution in [0, 0.1) is 5.92 Å². The number of carbonyl (C=O) groups is 1. The van der Waals surface area contributed by atoms with E-state index in [4.69, 9.17) is 10.5 Å². The predicted octanol–water partition coefficient (Wildman–Crippen LogP) is -0.419. The molecule has 2 unspecified atom stereocenters. The maximum absolute atomic E-state index is 11.1. The van der Waals surface area contributed by atoms with E-state index in [1.165, 1.54) is 0 Å². The van der Waals surface area contributed by atoms with Crippen molar-refractivity contribution in [3.8, 4) is 0 Å². The van der Waals surface area contributed by atoms with Crippen molar-refractivity contribution in [1.29, 1.82) is 0 Å². The molecule has 16 heavy (non-hydrogen) atoms. The molecule has 1 rings (SSSR count). The second kappa shape index (κ2) is 6.83.